The summed E-state index contributed by atoms with van der Waals surface area (Å²) in [5.41, 5.74) is 3.31. The highest BCUT2D eigenvalue weighted by Crippen LogP contribution is 2.21. The van der Waals surface area contributed by atoms with Crippen LogP contribution in [-0.2, 0) is 4.79 Å². The third kappa shape index (κ3) is 4.32. The van der Waals surface area contributed by atoms with E-state index in [1.165, 1.54) is 0 Å². The van der Waals surface area contributed by atoms with Crippen molar-refractivity contribution in [1.29, 1.82) is 0 Å². The first-order valence-corrected chi connectivity index (χ1v) is 7.88. The average molecular weight is 331 g/mol. The summed E-state index contributed by atoms with van der Waals surface area (Å²) in [6, 6.07) is 24.4. The summed E-state index contributed by atoms with van der Waals surface area (Å²) in [7, 11) is 0. The summed E-state index contributed by atoms with van der Waals surface area (Å²) < 4.78 is 5.41. The molecule has 0 aromatic heterocycles. The molecule has 0 saturated heterocycles. The standard InChI is InChI=1S/C21H17NO3/c23-14-18-8-4-5-9-20(18)25-15-21(24)22-19-12-10-17(11-13-19)16-6-2-1-3-7-16/h1-14H,15H2,(H,22,24). The smallest absolute Gasteiger partial charge is 0.262 e. The second-order valence-electron chi connectivity index (χ2n) is 5.44. The van der Waals surface area contributed by atoms with Crippen LogP contribution in [0.5, 0.6) is 5.75 Å². The zero-order valence-electron chi connectivity index (χ0n) is 13.5. The van der Waals surface area contributed by atoms with Gasteiger partial charge in [-0.2, -0.15) is 0 Å². The van der Waals surface area contributed by atoms with E-state index in [1.54, 1.807) is 24.3 Å². The van der Waals surface area contributed by atoms with Gasteiger partial charge < -0.3 is 10.1 Å². The van der Waals surface area contributed by atoms with E-state index in [1.807, 2.05) is 54.6 Å². The summed E-state index contributed by atoms with van der Waals surface area (Å²) in [5.74, 6) is 0.111. The van der Waals surface area contributed by atoms with Crippen molar-refractivity contribution in [2.24, 2.45) is 0 Å². The van der Waals surface area contributed by atoms with Crippen LogP contribution in [0.25, 0.3) is 11.1 Å². The van der Waals surface area contributed by atoms with Gasteiger partial charge in [-0.3, -0.25) is 9.59 Å². The number of hydrogen-bond acceptors (Lipinski definition) is 3. The van der Waals surface area contributed by atoms with Crippen molar-refractivity contribution in [3.8, 4) is 16.9 Å². The Bertz CT molecular complexity index is 858. The topological polar surface area (TPSA) is 55.4 Å². The predicted molar refractivity (Wildman–Crippen MR) is 97.8 cm³/mol. The van der Waals surface area contributed by atoms with Crippen LogP contribution < -0.4 is 10.1 Å². The molecule has 3 aromatic rings. The summed E-state index contributed by atoms with van der Waals surface area (Å²) in [4.78, 5) is 22.9. The Balaban J connectivity index is 1.59. The molecule has 0 fully saturated rings. The van der Waals surface area contributed by atoms with Gasteiger partial charge >= 0.3 is 0 Å². The van der Waals surface area contributed by atoms with Gasteiger partial charge in [0.2, 0.25) is 0 Å². The van der Waals surface area contributed by atoms with Crippen molar-refractivity contribution in [2.75, 3.05) is 11.9 Å². The quantitative estimate of drug-likeness (QED) is 0.689. The molecule has 1 N–H and O–H groups in total. The van der Waals surface area contributed by atoms with Crippen LogP contribution in [0.4, 0.5) is 5.69 Å². The van der Waals surface area contributed by atoms with Gasteiger partial charge in [-0.25, -0.2) is 0 Å². The Morgan fingerprint density at radius 1 is 0.840 bits per heavy atom. The molecule has 3 rings (SSSR count). The van der Waals surface area contributed by atoms with Gasteiger partial charge in [-0.1, -0.05) is 54.6 Å². The van der Waals surface area contributed by atoms with Crippen molar-refractivity contribution in [2.45, 2.75) is 0 Å². The van der Waals surface area contributed by atoms with Crippen LogP contribution in [0.1, 0.15) is 10.4 Å². The van der Waals surface area contributed by atoms with E-state index in [0.29, 0.717) is 23.3 Å². The van der Waals surface area contributed by atoms with Crippen molar-refractivity contribution in [3.05, 3.63) is 84.4 Å². The molecule has 0 spiro atoms. The Hall–Kier alpha value is -3.40. The van der Waals surface area contributed by atoms with Gasteiger partial charge in [0.05, 0.1) is 5.56 Å². The van der Waals surface area contributed by atoms with Crippen molar-refractivity contribution < 1.29 is 14.3 Å². The Labute approximate surface area is 146 Å². The van der Waals surface area contributed by atoms with Gasteiger partial charge in [0.1, 0.15) is 5.75 Å². The average Bonchev–Trinajstić information content (AvgIpc) is 2.68. The Kier molecular flexibility index (Phi) is 5.22. The molecule has 0 unspecified atom stereocenters. The van der Waals surface area contributed by atoms with Crippen LogP contribution in [0.15, 0.2) is 78.9 Å². The van der Waals surface area contributed by atoms with Crippen LogP contribution >= 0.6 is 0 Å². The molecular weight excluding hydrogens is 314 g/mol. The SMILES string of the molecule is O=Cc1ccccc1OCC(=O)Nc1ccc(-c2ccccc2)cc1. The van der Waals surface area contributed by atoms with E-state index in [0.717, 1.165) is 11.1 Å². The number of benzene rings is 3. The van der Waals surface area contributed by atoms with E-state index in [9.17, 15) is 9.59 Å². The summed E-state index contributed by atoms with van der Waals surface area (Å²) in [6.45, 7) is -0.161. The fraction of sp³-hybridized carbons (Fsp3) is 0.0476. The van der Waals surface area contributed by atoms with Gasteiger partial charge in [-0.05, 0) is 35.4 Å². The molecular formula is C21H17NO3. The maximum Gasteiger partial charge on any atom is 0.262 e. The number of carbonyl (C=O) groups is 2. The number of ether oxygens (including phenoxy) is 1. The van der Waals surface area contributed by atoms with Crippen molar-refractivity contribution >= 4 is 17.9 Å². The summed E-state index contributed by atoms with van der Waals surface area (Å²) in [5, 5.41) is 2.78. The number of aldehydes is 1. The third-order valence-electron chi connectivity index (χ3n) is 3.68. The maximum atomic E-state index is 12.0. The van der Waals surface area contributed by atoms with Gasteiger partial charge in [0.15, 0.2) is 12.9 Å². The zero-order chi connectivity index (χ0) is 17.5. The first kappa shape index (κ1) is 16.5. The molecule has 0 bridgehead atoms. The Morgan fingerprint density at radius 2 is 1.48 bits per heavy atom. The first-order valence-electron chi connectivity index (χ1n) is 7.88. The van der Waals surface area contributed by atoms with Gasteiger partial charge in [0.25, 0.3) is 5.91 Å². The molecule has 124 valence electrons. The largest absolute Gasteiger partial charge is 0.483 e. The number of amides is 1. The molecule has 25 heavy (non-hydrogen) atoms. The lowest BCUT2D eigenvalue weighted by Gasteiger charge is -2.09. The molecule has 0 aliphatic carbocycles. The highest BCUT2D eigenvalue weighted by Gasteiger charge is 2.07. The minimum atomic E-state index is -0.284. The lowest BCUT2D eigenvalue weighted by atomic mass is 10.1. The van der Waals surface area contributed by atoms with E-state index >= 15 is 0 Å². The molecule has 1 amide bonds. The number of hydrogen-bond donors (Lipinski definition) is 1. The number of carbonyl (C=O) groups excluding carboxylic acids is 2. The molecule has 0 heterocycles. The van der Waals surface area contributed by atoms with E-state index in [4.69, 9.17) is 4.74 Å². The maximum absolute atomic E-state index is 12.0. The van der Waals surface area contributed by atoms with Gasteiger partial charge in [0, 0.05) is 5.69 Å². The number of rotatable bonds is 6. The summed E-state index contributed by atoms with van der Waals surface area (Å²) in [6.07, 6.45) is 0.704. The Morgan fingerprint density at radius 3 is 2.20 bits per heavy atom. The zero-order valence-corrected chi connectivity index (χ0v) is 13.5. The number of anilines is 1. The van der Waals surface area contributed by atoms with Crippen LogP contribution in [0, 0.1) is 0 Å². The molecule has 0 aliphatic rings. The molecule has 0 atom stereocenters. The monoisotopic (exact) mass is 331 g/mol. The lowest BCUT2D eigenvalue weighted by Crippen LogP contribution is -2.20. The fourth-order valence-corrected chi connectivity index (χ4v) is 2.43. The van der Waals surface area contributed by atoms with E-state index < -0.39 is 0 Å². The lowest BCUT2D eigenvalue weighted by molar-refractivity contribution is -0.118. The number of para-hydroxylation sites is 1. The van der Waals surface area contributed by atoms with Crippen LogP contribution in [0.3, 0.4) is 0 Å². The minimum Gasteiger partial charge on any atom is -0.483 e. The molecule has 3 aromatic carbocycles. The van der Waals surface area contributed by atoms with E-state index in [-0.39, 0.29) is 12.5 Å². The third-order valence-corrected chi connectivity index (χ3v) is 3.68. The van der Waals surface area contributed by atoms with Crippen LogP contribution in [-0.4, -0.2) is 18.8 Å². The highest BCUT2D eigenvalue weighted by molar-refractivity contribution is 5.92. The summed E-state index contributed by atoms with van der Waals surface area (Å²) >= 11 is 0. The first-order chi connectivity index (χ1) is 12.3. The fourth-order valence-electron chi connectivity index (χ4n) is 2.43. The number of nitrogens with one attached hydrogen (secondary N) is 1. The van der Waals surface area contributed by atoms with Gasteiger partial charge in [-0.15, -0.1) is 0 Å². The second-order valence-corrected chi connectivity index (χ2v) is 5.44. The van der Waals surface area contributed by atoms with Crippen molar-refractivity contribution in [1.82, 2.24) is 0 Å². The van der Waals surface area contributed by atoms with Crippen molar-refractivity contribution in [3.63, 3.8) is 0 Å². The predicted octanol–water partition coefficient (Wildman–Crippen LogP) is 4.18. The second kappa shape index (κ2) is 7.93. The highest BCUT2D eigenvalue weighted by atomic mass is 16.5. The molecule has 0 saturated carbocycles. The normalized spacial score (nSPS) is 10.1. The molecule has 4 heteroatoms. The molecule has 0 aliphatic heterocycles. The van der Waals surface area contributed by atoms with Crippen LogP contribution in [0.2, 0.25) is 0 Å². The molecule has 4 nitrogen and oxygen atoms in total. The minimum absolute atomic E-state index is 0.161. The molecule has 0 radical (unpaired) electrons. The van der Waals surface area contributed by atoms with E-state index in [2.05, 4.69) is 5.32 Å².